The fourth-order valence-electron chi connectivity index (χ4n) is 2.75. The average Bonchev–Trinajstić information content (AvgIpc) is 2.76. The molecule has 88 valence electrons. The maximum absolute atomic E-state index is 11.2. The first-order valence-electron chi connectivity index (χ1n) is 6.09. The molecule has 2 fully saturated rings. The highest BCUT2D eigenvalue weighted by molar-refractivity contribution is 7.91. The molecule has 1 saturated carbocycles. The Morgan fingerprint density at radius 1 is 1.13 bits per heavy atom. The van der Waals surface area contributed by atoms with Crippen molar-refractivity contribution in [2.24, 2.45) is 5.92 Å². The van der Waals surface area contributed by atoms with Gasteiger partial charge in [0.1, 0.15) is 0 Å². The Kier molecular flexibility index (Phi) is 3.67. The molecule has 3 nitrogen and oxygen atoms in total. The van der Waals surface area contributed by atoms with Crippen LogP contribution in [0.5, 0.6) is 0 Å². The molecule has 0 spiro atoms. The van der Waals surface area contributed by atoms with Crippen molar-refractivity contribution in [3.8, 4) is 0 Å². The van der Waals surface area contributed by atoms with Gasteiger partial charge in [0.05, 0.1) is 11.5 Å². The van der Waals surface area contributed by atoms with Crippen LogP contribution in [0, 0.1) is 5.92 Å². The number of nitrogens with one attached hydrogen (secondary N) is 1. The van der Waals surface area contributed by atoms with Crippen LogP contribution in [0.1, 0.15) is 38.5 Å². The van der Waals surface area contributed by atoms with E-state index < -0.39 is 9.84 Å². The molecule has 0 aromatic carbocycles. The molecule has 2 rings (SSSR count). The summed E-state index contributed by atoms with van der Waals surface area (Å²) in [5, 5.41) is 3.38. The van der Waals surface area contributed by atoms with Crippen molar-refractivity contribution in [1.82, 2.24) is 5.32 Å². The predicted octanol–water partition coefficient (Wildman–Crippen LogP) is 1.34. The summed E-state index contributed by atoms with van der Waals surface area (Å²) in [6, 6.07) is 0.233. The van der Waals surface area contributed by atoms with Gasteiger partial charge in [-0.3, -0.25) is 0 Å². The second kappa shape index (κ2) is 4.83. The lowest BCUT2D eigenvalue weighted by Crippen LogP contribution is -2.31. The van der Waals surface area contributed by atoms with Gasteiger partial charge < -0.3 is 5.32 Å². The molecule has 0 amide bonds. The molecule has 0 radical (unpaired) electrons. The van der Waals surface area contributed by atoms with E-state index in [2.05, 4.69) is 5.32 Å². The second-order valence-electron chi connectivity index (χ2n) is 4.99. The van der Waals surface area contributed by atoms with Crippen LogP contribution < -0.4 is 5.32 Å². The summed E-state index contributed by atoms with van der Waals surface area (Å²) in [7, 11) is -2.71. The third-order valence-electron chi connectivity index (χ3n) is 3.69. The zero-order valence-electron chi connectivity index (χ0n) is 9.24. The highest BCUT2D eigenvalue weighted by Crippen LogP contribution is 2.27. The first-order chi connectivity index (χ1) is 7.16. The Balaban J connectivity index is 1.62. The smallest absolute Gasteiger partial charge is 0.151 e. The minimum atomic E-state index is -2.71. The van der Waals surface area contributed by atoms with Crippen LogP contribution in [-0.2, 0) is 9.84 Å². The Hall–Kier alpha value is -0.0900. The summed E-state index contributed by atoms with van der Waals surface area (Å²) in [5.41, 5.74) is 0. The van der Waals surface area contributed by atoms with Gasteiger partial charge in [0.15, 0.2) is 9.84 Å². The maximum atomic E-state index is 11.2. The van der Waals surface area contributed by atoms with Crippen molar-refractivity contribution >= 4 is 9.84 Å². The van der Waals surface area contributed by atoms with Crippen LogP contribution in [0.15, 0.2) is 0 Å². The number of sulfone groups is 1. The van der Waals surface area contributed by atoms with Crippen LogP contribution in [0.3, 0.4) is 0 Å². The fraction of sp³-hybridized carbons (Fsp3) is 1.00. The molecule has 0 aromatic heterocycles. The normalized spacial score (nSPS) is 31.1. The van der Waals surface area contributed by atoms with Gasteiger partial charge in [-0.2, -0.15) is 0 Å². The number of hydrogen-bond donors (Lipinski definition) is 1. The monoisotopic (exact) mass is 231 g/mol. The number of hydrogen-bond acceptors (Lipinski definition) is 3. The van der Waals surface area contributed by atoms with Crippen LogP contribution in [0.2, 0.25) is 0 Å². The first-order valence-corrected chi connectivity index (χ1v) is 7.92. The Morgan fingerprint density at radius 2 is 1.87 bits per heavy atom. The summed E-state index contributed by atoms with van der Waals surface area (Å²) >= 11 is 0. The molecule has 1 heterocycles. The molecule has 1 aliphatic carbocycles. The van der Waals surface area contributed by atoms with Gasteiger partial charge in [-0.05, 0) is 25.3 Å². The lowest BCUT2D eigenvalue weighted by atomic mass is 10.0. The van der Waals surface area contributed by atoms with E-state index >= 15 is 0 Å². The quantitative estimate of drug-likeness (QED) is 0.794. The molecule has 15 heavy (non-hydrogen) atoms. The van der Waals surface area contributed by atoms with Crippen molar-refractivity contribution in [1.29, 1.82) is 0 Å². The lowest BCUT2D eigenvalue weighted by molar-refractivity contribution is 0.452. The predicted molar refractivity (Wildman–Crippen MR) is 61.6 cm³/mol. The highest BCUT2D eigenvalue weighted by atomic mass is 32.2. The van der Waals surface area contributed by atoms with E-state index in [0.29, 0.717) is 11.5 Å². The van der Waals surface area contributed by atoms with Crippen molar-refractivity contribution in [2.75, 3.05) is 18.1 Å². The van der Waals surface area contributed by atoms with Gasteiger partial charge >= 0.3 is 0 Å². The van der Waals surface area contributed by atoms with E-state index in [0.717, 1.165) is 18.9 Å². The van der Waals surface area contributed by atoms with E-state index in [9.17, 15) is 8.42 Å². The summed E-state index contributed by atoms with van der Waals surface area (Å²) in [4.78, 5) is 0. The molecular weight excluding hydrogens is 210 g/mol. The standard InChI is InChI=1S/C11H21NO2S/c13-15(14)8-6-11(9-15)12-7-5-10-3-1-2-4-10/h10-12H,1-9H2. The average molecular weight is 231 g/mol. The van der Waals surface area contributed by atoms with Gasteiger partial charge in [-0.25, -0.2) is 8.42 Å². The largest absolute Gasteiger partial charge is 0.313 e. The Labute approximate surface area is 92.6 Å². The molecule has 1 saturated heterocycles. The van der Waals surface area contributed by atoms with Crippen LogP contribution in [-0.4, -0.2) is 32.5 Å². The third-order valence-corrected chi connectivity index (χ3v) is 5.46. The van der Waals surface area contributed by atoms with Gasteiger partial charge in [-0.15, -0.1) is 0 Å². The zero-order valence-corrected chi connectivity index (χ0v) is 10.1. The van der Waals surface area contributed by atoms with E-state index in [1.54, 1.807) is 0 Å². The molecule has 0 aromatic rings. The van der Waals surface area contributed by atoms with E-state index in [4.69, 9.17) is 0 Å². The second-order valence-corrected chi connectivity index (χ2v) is 7.22. The summed E-state index contributed by atoms with van der Waals surface area (Å²) < 4.78 is 22.4. The molecule has 4 heteroatoms. The van der Waals surface area contributed by atoms with Gasteiger partial charge in [0, 0.05) is 6.04 Å². The van der Waals surface area contributed by atoms with E-state index in [-0.39, 0.29) is 6.04 Å². The summed E-state index contributed by atoms with van der Waals surface area (Å²) in [6.45, 7) is 1.00. The third kappa shape index (κ3) is 3.45. The molecule has 2 aliphatic rings. The molecule has 1 N–H and O–H groups in total. The van der Waals surface area contributed by atoms with Crippen LogP contribution >= 0.6 is 0 Å². The van der Waals surface area contributed by atoms with Crippen molar-refractivity contribution in [3.05, 3.63) is 0 Å². The summed E-state index contributed by atoms with van der Waals surface area (Å²) in [6.07, 6.45) is 7.59. The Morgan fingerprint density at radius 3 is 2.47 bits per heavy atom. The van der Waals surface area contributed by atoms with Crippen LogP contribution in [0.4, 0.5) is 0 Å². The minimum Gasteiger partial charge on any atom is -0.313 e. The topological polar surface area (TPSA) is 46.2 Å². The SMILES string of the molecule is O=S1(=O)CCC(NCCC2CCCC2)C1. The van der Waals surface area contributed by atoms with Gasteiger partial charge in [-0.1, -0.05) is 25.7 Å². The molecular formula is C11H21NO2S. The number of rotatable bonds is 4. The minimum absolute atomic E-state index is 0.233. The van der Waals surface area contributed by atoms with E-state index in [1.807, 2.05) is 0 Å². The van der Waals surface area contributed by atoms with Crippen molar-refractivity contribution in [2.45, 2.75) is 44.6 Å². The maximum Gasteiger partial charge on any atom is 0.151 e. The fourth-order valence-corrected chi connectivity index (χ4v) is 4.45. The van der Waals surface area contributed by atoms with Gasteiger partial charge in [0.25, 0.3) is 0 Å². The van der Waals surface area contributed by atoms with E-state index in [1.165, 1.54) is 32.1 Å². The zero-order chi connectivity index (χ0) is 10.7. The Bertz CT molecular complexity index is 294. The van der Waals surface area contributed by atoms with Crippen molar-refractivity contribution in [3.63, 3.8) is 0 Å². The molecule has 1 unspecified atom stereocenters. The summed E-state index contributed by atoms with van der Waals surface area (Å²) in [5.74, 6) is 1.64. The molecule has 1 aliphatic heterocycles. The molecule has 1 atom stereocenters. The lowest BCUT2D eigenvalue weighted by Gasteiger charge is -2.13. The van der Waals surface area contributed by atoms with Gasteiger partial charge in [0.2, 0.25) is 0 Å². The van der Waals surface area contributed by atoms with Crippen molar-refractivity contribution < 1.29 is 8.42 Å². The van der Waals surface area contributed by atoms with Crippen LogP contribution in [0.25, 0.3) is 0 Å². The first kappa shape index (κ1) is 11.4. The molecule has 0 bridgehead atoms. The highest BCUT2D eigenvalue weighted by Gasteiger charge is 2.27.